The van der Waals surface area contributed by atoms with Gasteiger partial charge in [-0.1, -0.05) is 0 Å². The van der Waals surface area contributed by atoms with Crippen LogP contribution in [0.5, 0.6) is 0 Å². The molecule has 38 heavy (non-hydrogen) atoms. The van der Waals surface area contributed by atoms with Crippen molar-refractivity contribution in [2.45, 2.75) is 31.2 Å². The number of rotatable bonds is 8. The molecular formula is C24H27F2N7O4S. The van der Waals surface area contributed by atoms with Crippen LogP contribution in [0.25, 0.3) is 0 Å². The molecule has 0 spiro atoms. The van der Waals surface area contributed by atoms with Gasteiger partial charge in [0.15, 0.2) is 6.39 Å². The summed E-state index contributed by atoms with van der Waals surface area (Å²) in [6.45, 7) is 2.84. The Morgan fingerprint density at radius 2 is 2.11 bits per heavy atom. The van der Waals surface area contributed by atoms with Crippen LogP contribution in [-0.4, -0.2) is 64.8 Å². The Labute approximate surface area is 218 Å². The van der Waals surface area contributed by atoms with Crippen molar-refractivity contribution < 1.29 is 26.4 Å². The van der Waals surface area contributed by atoms with Gasteiger partial charge in [-0.05, 0) is 43.7 Å². The fourth-order valence-corrected chi connectivity index (χ4v) is 5.63. The summed E-state index contributed by atoms with van der Waals surface area (Å²) in [4.78, 5) is 26.1. The number of aromatic nitrogens is 2. The van der Waals surface area contributed by atoms with E-state index in [-0.39, 0.29) is 29.4 Å². The van der Waals surface area contributed by atoms with Gasteiger partial charge in [0.05, 0.1) is 30.2 Å². The summed E-state index contributed by atoms with van der Waals surface area (Å²) < 4.78 is 60.2. The van der Waals surface area contributed by atoms with Crippen LogP contribution < -0.4 is 11.1 Å². The van der Waals surface area contributed by atoms with E-state index in [4.69, 9.17) is 10.2 Å². The van der Waals surface area contributed by atoms with Crippen LogP contribution in [0.1, 0.15) is 41.2 Å². The van der Waals surface area contributed by atoms with E-state index in [0.29, 0.717) is 25.3 Å². The summed E-state index contributed by atoms with van der Waals surface area (Å²) in [5, 5.41) is 1.87. The molecule has 11 nitrogen and oxygen atoms in total. The number of amides is 1. The summed E-state index contributed by atoms with van der Waals surface area (Å²) >= 11 is 0. The normalized spacial score (nSPS) is 17.4. The number of nitrogens with two attached hydrogens (primary N) is 1. The molecule has 1 fully saturated rings. The zero-order valence-electron chi connectivity index (χ0n) is 20.7. The van der Waals surface area contributed by atoms with Crippen molar-refractivity contribution in [3.8, 4) is 0 Å². The molecule has 2 atom stereocenters. The van der Waals surface area contributed by atoms with Crippen molar-refractivity contribution in [2.75, 3.05) is 25.5 Å². The predicted molar refractivity (Wildman–Crippen MR) is 135 cm³/mol. The molecule has 1 saturated heterocycles. The van der Waals surface area contributed by atoms with Gasteiger partial charge >= 0.3 is 0 Å². The van der Waals surface area contributed by atoms with Gasteiger partial charge in [0.1, 0.15) is 23.1 Å². The number of hydrogen-bond acceptors (Lipinski definition) is 8. The van der Waals surface area contributed by atoms with E-state index >= 15 is 0 Å². The van der Waals surface area contributed by atoms with Crippen molar-refractivity contribution in [3.63, 3.8) is 0 Å². The molecule has 202 valence electrons. The van der Waals surface area contributed by atoms with Gasteiger partial charge in [0.25, 0.3) is 5.91 Å². The maximum atomic E-state index is 14.6. The maximum absolute atomic E-state index is 14.6. The van der Waals surface area contributed by atoms with Crippen molar-refractivity contribution in [2.24, 2.45) is 10.7 Å². The Morgan fingerprint density at radius 3 is 2.79 bits per heavy atom. The Bertz CT molecular complexity index is 1420. The smallest absolute Gasteiger partial charge is 0.274 e. The number of carbonyl (C=O) groups is 1. The van der Waals surface area contributed by atoms with E-state index in [2.05, 4.69) is 20.3 Å². The second-order valence-electron chi connectivity index (χ2n) is 8.84. The first-order chi connectivity index (χ1) is 18.0. The molecule has 1 aliphatic heterocycles. The minimum absolute atomic E-state index is 0.0225. The summed E-state index contributed by atoms with van der Waals surface area (Å²) in [6.07, 6.45) is 4.22. The number of nitrogens with zero attached hydrogens (tertiary/aromatic N) is 5. The minimum Gasteiger partial charge on any atom is -0.447 e. The number of halogens is 2. The van der Waals surface area contributed by atoms with E-state index in [1.807, 2.05) is 4.90 Å². The molecule has 2 aromatic heterocycles. The van der Waals surface area contributed by atoms with Crippen molar-refractivity contribution in [1.29, 1.82) is 0 Å². The van der Waals surface area contributed by atoms with Gasteiger partial charge in [-0.15, -0.1) is 0 Å². The lowest BCUT2D eigenvalue weighted by atomic mass is 10.1. The molecule has 1 amide bonds. The molecule has 0 unspecified atom stereocenters. The summed E-state index contributed by atoms with van der Waals surface area (Å²) in [7, 11) is -2.53. The Morgan fingerprint density at radius 1 is 1.32 bits per heavy atom. The summed E-state index contributed by atoms with van der Waals surface area (Å²) in [5.41, 5.74) is 6.35. The molecule has 3 N–H and O–H groups in total. The van der Waals surface area contributed by atoms with Gasteiger partial charge in [-0.3, -0.25) is 9.69 Å². The van der Waals surface area contributed by atoms with Gasteiger partial charge in [-0.2, -0.15) is 0 Å². The topological polar surface area (TPSA) is 147 Å². The number of benzene rings is 1. The standard InChI is InChI=1S/C24H27F2N7O4S/c1-15(20-9-17(4-5-21(20)26)31-23(34)22-6-3-16(25)10-29-22)30-24(27)32(2)38(35,36)19-7-8-33(13-19)12-18-11-28-14-37-18/h3-6,9-11,14-15,19H,7-8,12-13H2,1-2H3,(H2,27,30)(H,31,34)/t15-,19+/m1/s1. The molecule has 1 aliphatic rings. The van der Waals surface area contributed by atoms with E-state index in [1.54, 1.807) is 13.1 Å². The monoisotopic (exact) mass is 547 g/mol. The van der Waals surface area contributed by atoms with Crippen LogP contribution in [0.2, 0.25) is 0 Å². The van der Waals surface area contributed by atoms with E-state index in [1.165, 1.54) is 31.6 Å². The number of nitrogens with one attached hydrogen (secondary N) is 1. The first kappa shape index (κ1) is 27.1. The molecule has 0 saturated carbocycles. The Hall–Kier alpha value is -3.91. The molecule has 0 radical (unpaired) electrons. The molecule has 14 heteroatoms. The second kappa shape index (κ2) is 11.2. The average molecular weight is 548 g/mol. The van der Waals surface area contributed by atoms with Gasteiger partial charge in [0.2, 0.25) is 16.0 Å². The Kier molecular flexibility index (Phi) is 8.02. The Balaban J connectivity index is 1.44. The molecule has 1 aromatic carbocycles. The molecule has 0 aliphatic carbocycles. The number of sulfonamides is 1. The van der Waals surface area contributed by atoms with Crippen molar-refractivity contribution in [3.05, 3.63) is 77.8 Å². The highest BCUT2D eigenvalue weighted by Crippen LogP contribution is 2.26. The number of hydrogen-bond donors (Lipinski definition) is 2. The number of guanidine groups is 1. The molecule has 3 heterocycles. The number of likely N-dealkylation sites (tertiary alicyclic amines) is 1. The van der Waals surface area contributed by atoms with Crippen LogP contribution >= 0.6 is 0 Å². The number of anilines is 1. The highest BCUT2D eigenvalue weighted by molar-refractivity contribution is 7.90. The van der Waals surface area contributed by atoms with E-state index in [9.17, 15) is 22.0 Å². The fourth-order valence-electron chi connectivity index (χ4n) is 4.07. The largest absolute Gasteiger partial charge is 0.447 e. The third kappa shape index (κ3) is 6.14. The first-order valence-electron chi connectivity index (χ1n) is 11.7. The zero-order chi connectivity index (χ0) is 27.4. The lowest BCUT2D eigenvalue weighted by molar-refractivity contribution is 0.102. The van der Waals surface area contributed by atoms with E-state index in [0.717, 1.165) is 22.6 Å². The molecule has 3 aromatic rings. The average Bonchev–Trinajstić information content (AvgIpc) is 3.58. The van der Waals surface area contributed by atoms with E-state index < -0.39 is 38.9 Å². The number of oxazole rings is 1. The highest BCUT2D eigenvalue weighted by atomic mass is 32.2. The molecule has 4 rings (SSSR count). The van der Waals surface area contributed by atoms with Crippen LogP contribution in [0, 0.1) is 11.6 Å². The zero-order valence-corrected chi connectivity index (χ0v) is 21.5. The second-order valence-corrected chi connectivity index (χ2v) is 11.1. The lowest BCUT2D eigenvalue weighted by Crippen LogP contribution is -2.44. The predicted octanol–water partition coefficient (Wildman–Crippen LogP) is 2.51. The lowest BCUT2D eigenvalue weighted by Gasteiger charge is -2.23. The minimum atomic E-state index is -3.84. The van der Waals surface area contributed by atoms with Crippen LogP contribution in [0.15, 0.2) is 58.5 Å². The van der Waals surface area contributed by atoms with Gasteiger partial charge in [-0.25, -0.2) is 36.5 Å². The van der Waals surface area contributed by atoms with Crippen LogP contribution in [-0.2, 0) is 16.6 Å². The first-order valence-corrected chi connectivity index (χ1v) is 13.2. The third-order valence-electron chi connectivity index (χ3n) is 6.21. The summed E-state index contributed by atoms with van der Waals surface area (Å²) in [6, 6.07) is 5.30. The fraction of sp³-hybridized carbons (Fsp3) is 0.333. The molecular weight excluding hydrogens is 520 g/mol. The highest BCUT2D eigenvalue weighted by Gasteiger charge is 2.37. The maximum Gasteiger partial charge on any atom is 0.274 e. The van der Waals surface area contributed by atoms with Gasteiger partial charge < -0.3 is 15.5 Å². The SMILES string of the molecule is C[C@@H](N=C(N)N(C)S(=O)(=O)[C@H]1CCN(Cc2cnco2)C1)c1cc(NC(=O)c2ccc(F)cn2)ccc1F. The van der Waals surface area contributed by atoms with Crippen LogP contribution in [0.4, 0.5) is 14.5 Å². The summed E-state index contributed by atoms with van der Waals surface area (Å²) in [5.74, 6) is -1.47. The van der Waals surface area contributed by atoms with Crippen molar-refractivity contribution >= 4 is 27.6 Å². The molecule has 0 bridgehead atoms. The van der Waals surface area contributed by atoms with Crippen LogP contribution in [0.3, 0.4) is 0 Å². The van der Waals surface area contributed by atoms with Crippen molar-refractivity contribution in [1.82, 2.24) is 19.2 Å². The number of pyridine rings is 1. The number of carbonyl (C=O) groups excluding carboxylic acids is 1. The number of aliphatic imine (C=N–C) groups is 1. The van der Waals surface area contributed by atoms with Gasteiger partial charge in [0, 0.05) is 31.4 Å². The third-order valence-corrected chi connectivity index (χ3v) is 8.39. The quantitative estimate of drug-likeness (QED) is 0.323.